The van der Waals surface area contributed by atoms with Crippen LogP contribution in [-0.2, 0) is 0 Å². The molecule has 0 aliphatic heterocycles. The molecule has 82 valence electrons. The summed E-state index contributed by atoms with van der Waals surface area (Å²) in [6, 6.07) is 5.54. The number of hydrogen-bond acceptors (Lipinski definition) is 4. The Labute approximate surface area is 103 Å². The largest absolute Gasteiger partial charge is 0.369 e. The lowest BCUT2D eigenvalue weighted by molar-refractivity contribution is 1.05. The molecule has 2 aromatic rings. The monoisotopic (exact) mass is 252 g/mol. The number of rotatable bonds is 1. The first-order valence-corrected chi connectivity index (χ1v) is 5.35. The predicted octanol–water partition coefficient (Wildman–Crippen LogP) is 2.75. The van der Waals surface area contributed by atoms with Gasteiger partial charge in [0.1, 0.15) is 5.82 Å². The fourth-order valence-corrected chi connectivity index (χ4v) is 1.74. The maximum Gasteiger partial charge on any atom is 0.224 e. The Balaban J connectivity index is 2.66. The molecule has 0 aliphatic carbocycles. The topological polar surface area (TPSA) is 67.6 Å². The number of aromatic nitrogens is 3. The van der Waals surface area contributed by atoms with Crippen molar-refractivity contribution in [2.45, 2.75) is 6.92 Å². The molecule has 1 aromatic heterocycles. The van der Waals surface area contributed by atoms with E-state index >= 15 is 0 Å². The van der Waals surface area contributed by atoms with Gasteiger partial charge in [-0.3, -0.25) is 0 Å². The van der Waals surface area contributed by atoms with Gasteiger partial charge in [0.05, 0.1) is 0 Å². The number of aryl methyl sites for hydroxylation is 1. The van der Waals surface area contributed by atoms with Gasteiger partial charge < -0.3 is 10.7 Å². The Kier molecular flexibility index (Phi) is 2.89. The maximum atomic E-state index is 5.93. The lowest BCUT2D eigenvalue weighted by atomic mass is 10.1. The van der Waals surface area contributed by atoms with Crippen LogP contribution in [0.5, 0.6) is 0 Å². The first-order valence-electron chi connectivity index (χ1n) is 4.56. The Hall–Kier alpha value is -1.46. The van der Waals surface area contributed by atoms with Crippen molar-refractivity contribution in [2.24, 2.45) is 0 Å². The summed E-state index contributed by atoms with van der Waals surface area (Å²) >= 11 is 10.8. The number of nitrogen functional groups attached to an aromatic ring is 1. The number of nitrogens with one attached hydrogen (secondary N) is 1. The van der Waals surface area contributed by atoms with Crippen molar-refractivity contribution in [1.29, 1.82) is 0 Å². The molecule has 0 saturated heterocycles. The Morgan fingerprint density at radius 2 is 2.12 bits per heavy atom. The molecule has 0 unspecified atom stereocenters. The molecule has 0 bridgehead atoms. The lowest BCUT2D eigenvalue weighted by Gasteiger charge is -2.06. The highest BCUT2D eigenvalue weighted by Crippen LogP contribution is 2.23. The van der Waals surface area contributed by atoms with Crippen LogP contribution in [0.1, 0.15) is 5.56 Å². The third kappa shape index (κ3) is 2.20. The summed E-state index contributed by atoms with van der Waals surface area (Å²) in [4.78, 5) is 10.8. The Bertz CT molecular complexity index is 594. The van der Waals surface area contributed by atoms with E-state index in [9.17, 15) is 0 Å². The van der Waals surface area contributed by atoms with Crippen molar-refractivity contribution in [2.75, 3.05) is 5.73 Å². The van der Waals surface area contributed by atoms with Crippen molar-refractivity contribution < 1.29 is 0 Å². The average Bonchev–Trinajstić information content (AvgIpc) is 2.20. The molecule has 0 spiro atoms. The van der Waals surface area contributed by atoms with Gasteiger partial charge in [-0.2, -0.15) is 4.98 Å². The molecule has 0 aliphatic rings. The van der Waals surface area contributed by atoms with Gasteiger partial charge in [-0.25, -0.2) is 4.98 Å². The minimum Gasteiger partial charge on any atom is -0.369 e. The van der Waals surface area contributed by atoms with E-state index in [1.165, 1.54) is 0 Å². The highest BCUT2D eigenvalue weighted by molar-refractivity contribution is 7.71. The summed E-state index contributed by atoms with van der Waals surface area (Å²) in [5.74, 6) is 0.826. The molecule has 1 aromatic carbocycles. The second kappa shape index (κ2) is 4.19. The van der Waals surface area contributed by atoms with Crippen molar-refractivity contribution in [3.63, 3.8) is 0 Å². The van der Waals surface area contributed by atoms with Gasteiger partial charge in [-0.1, -0.05) is 17.7 Å². The second-order valence-electron chi connectivity index (χ2n) is 3.32. The Morgan fingerprint density at radius 3 is 2.81 bits per heavy atom. The quantitative estimate of drug-likeness (QED) is 0.766. The normalized spacial score (nSPS) is 10.4. The maximum absolute atomic E-state index is 5.93. The molecule has 0 amide bonds. The number of nitrogens with two attached hydrogens (primary N) is 1. The summed E-state index contributed by atoms with van der Waals surface area (Å²) in [5.41, 5.74) is 7.48. The molecule has 0 atom stereocenters. The molecule has 3 N–H and O–H groups in total. The predicted molar refractivity (Wildman–Crippen MR) is 66.8 cm³/mol. The fourth-order valence-electron chi connectivity index (χ4n) is 1.38. The van der Waals surface area contributed by atoms with E-state index in [0.717, 1.165) is 11.1 Å². The van der Waals surface area contributed by atoms with Gasteiger partial charge in [0.25, 0.3) is 0 Å². The Morgan fingerprint density at radius 1 is 1.38 bits per heavy atom. The van der Waals surface area contributed by atoms with Crippen LogP contribution in [0.4, 0.5) is 5.95 Å². The number of aromatic amines is 1. The standard InChI is InChI=1S/C10H9ClN4S/c1-5-2-3-6(11)4-7(5)8-13-9(12)15-10(16)14-8/h2-4H,1H3,(H3,12,13,14,15,16). The summed E-state index contributed by atoms with van der Waals surface area (Å²) in [6.07, 6.45) is 0. The van der Waals surface area contributed by atoms with E-state index < -0.39 is 0 Å². The molecular formula is C10H9ClN4S. The van der Waals surface area contributed by atoms with E-state index in [1.54, 1.807) is 0 Å². The first kappa shape index (κ1) is 11.0. The molecule has 2 rings (SSSR count). The van der Waals surface area contributed by atoms with Crippen molar-refractivity contribution in [3.8, 4) is 11.4 Å². The van der Waals surface area contributed by atoms with Crippen LogP contribution < -0.4 is 5.73 Å². The number of benzene rings is 1. The number of nitrogens with zero attached hydrogens (tertiary/aromatic N) is 2. The zero-order valence-corrected chi connectivity index (χ0v) is 10.1. The summed E-state index contributed by atoms with van der Waals surface area (Å²) in [5, 5.41) is 0.636. The molecular weight excluding hydrogens is 244 g/mol. The molecule has 0 saturated carbocycles. The second-order valence-corrected chi connectivity index (χ2v) is 4.13. The average molecular weight is 253 g/mol. The van der Waals surface area contributed by atoms with Crippen LogP contribution in [0.3, 0.4) is 0 Å². The van der Waals surface area contributed by atoms with E-state index in [2.05, 4.69) is 15.0 Å². The summed E-state index contributed by atoms with van der Waals surface area (Å²) in [7, 11) is 0. The van der Waals surface area contributed by atoms with Crippen molar-refractivity contribution in [3.05, 3.63) is 33.6 Å². The van der Waals surface area contributed by atoms with Crippen LogP contribution >= 0.6 is 23.8 Å². The van der Waals surface area contributed by atoms with Gasteiger partial charge in [-0.05, 0) is 36.8 Å². The van der Waals surface area contributed by atoms with Crippen LogP contribution in [0.2, 0.25) is 5.02 Å². The van der Waals surface area contributed by atoms with Crippen LogP contribution in [0.25, 0.3) is 11.4 Å². The van der Waals surface area contributed by atoms with Gasteiger partial charge >= 0.3 is 0 Å². The first-order chi connectivity index (χ1) is 7.56. The smallest absolute Gasteiger partial charge is 0.224 e. The highest BCUT2D eigenvalue weighted by atomic mass is 35.5. The van der Waals surface area contributed by atoms with Crippen LogP contribution in [0.15, 0.2) is 18.2 Å². The summed E-state index contributed by atoms with van der Waals surface area (Å²) in [6.45, 7) is 1.96. The van der Waals surface area contributed by atoms with Crippen molar-refractivity contribution in [1.82, 2.24) is 15.0 Å². The van der Waals surface area contributed by atoms with E-state index in [1.807, 2.05) is 25.1 Å². The molecule has 1 heterocycles. The number of H-pyrrole nitrogens is 1. The summed E-state index contributed by atoms with van der Waals surface area (Å²) < 4.78 is 0.214. The minimum absolute atomic E-state index is 0.214. The van der Waals surface area contributed by atoms with Gasteiger partial charge in [0.2, 0.25) is 10.7 Å². The highest BCUT2D eigenvalue weighted by Gasteiger charge is 2.06. The van der Waals surface area contributed by atoms with E-state index in [0.29, 0.717) is 10.8 Å². The van der Waals surface area contributed by atoms with E-state index in [4.69, 9.17) is 29.6 Å². The molecule has 6 heteroatoms. The minimum atomic E-state index is 0.214. The third-order valence-corrected chi connectivity index (χ3v) is 2.54. The van der Waals surface area contributed by atoms with Gasteiger partial charge in [-0.15, -0.1) is 0 Å². The molecule has 16 heavy (non-hydrogen) atoms. The fraction of sp³-hybridized carbons (Fsp3) is 0.100. The van der Waals surface area contributed by atoms with Crippen LogP contribution in [0, 0.1) is 11.7 Å². The number of anilines is 1. The number of halogens is 1. The molecule has 4 nitrogen and oxygen atoms in total. The van der Waals surface area contributed by atoms with E-state index in [-0.39, 0.29) is 10.7 Å². The van der Waals surface area contributed by atoms with Crippen molar-refractivity contribution >= 4 is 29.8 Å². The third-order valence-electron chi connectivity index (χ3n) is 2.12. The van der Waals surface area contributed by atoms with Gasteiger partial charge in [0, 0.05) is 10.6 Å². The van der Waals surface area contributed by atoms with Crippen LogP contribution in [-0.4, -0.2) is 15.0 Å². The van der Waals surface area contributed by atoms with Gasteiger partial charge in [0.15, 0.2) is 0 Å². The number of hydrogen-bond donors (Lipinski definition) is 2. The lowest BCUT2D eigenvalue weighted by Crippen LogP contribution is -2.00. The zero-order chi connectivity index (χ0) is 11.7. The molecule has 0 radical (unpaired) electrons. The molecule has 0 fully saturated rings. The SMILES string of the molecule is Cc1ccc(Cl)cc1-c1nc(=S)nc(N)[nH]1. The zero-order valence-electron chi connectivity index (χ0n) is 8.49.